The molecule has 1 aliphatic rings. The van der Waals surface area contributed by atoms with E-state index in [0.29, 0.717) is 17.8 Å². The predicted octanol–water partition coefficient (Wildman–Crippen LogP) is 2.43. The van der Waals surface area contributed by atoms with E-state index >= 15 is 0 Å². The summed E-state index contributed by atoms with van der Waals surface area (Å²) in [5.41, 5.74) is 3.14. The molecular formula is C16H18N4O3. The fraction of sp³-hybridized carbons (Fsp3) is 0.312. The average Bonchev–Trinajstić information content (AvgIpc) is 3.19. The standard InChI is InChI=1S/C16H18N4O3/c1-11-4-5-12(9-14(11)20-7-2-3-15(20)21)18-16(22)17-10-13-6-8-23-19-13/h4-6,8-9H,2-3,7,10H2,1H3,(H2,17,18,22). The first-order valence-corrected chi connectivity index (χ1v) is 7.48. The van der Waals surface area contributed by atoms with Gasteiger partial charge in [-0.2, -0.15) is 0 Å². The maximum absolute atomic E-state index is 11.9. The summed E-state index contributed by atoms with van der Waals surface area (Å²) in [6.07, 6.45) is 2.90. The molecule has 7 nitrogen and oxygen atoms in total. The molecule has 2 heterocycles. The predicted molar refractivity (Wildman–Crippen MR) is 85.1 cm³/mol. The van der Waals surface area contributed by atoms with Gasteiger partial charge in [-0.05, 0) is 31.0 Å². The third-order valence-electron chi connectivity index (χ3n) is 3.75. The minimum absolute atomic E-state index is 0.126. The lowest BCUT2D eigenvalue weighted by molar-refractivity contribution is -0.117. The Balaban J connectivity index is 1.65. The first kappa shape index (κ1) is 15.1. The number of rotatable bonds is 4. The number of aromatic nitrogens is 1. The van der Waals surface area contributed by atoms with Crippen LogP contribution in [0.15, 0.2) is 35.1 Å². The van der Waals surface area contributed by atoms with Gasteiger partial charge >= 0.3 is 6.03 Å². The van der Waals surface area contributed by atoms with Crippen molar-refractivity contribution in [3.63, 3.8) is 0 Å². The van der Waals surface area contributed by atoms with Crippen molar-refractivity contribution < 1.29 is 14.1 Å². The lowest BCUT2D eigenvalue weighted by atomic mass is 10.1. The van der Waals surface area contributed by atoms with Crippen molar-refractivity contribution in [1.82, 2.24) is 10.5 Å². The van der Waals surface area contributed by atoms with E-state index in [2.05, 4.69) is 15.8 Å². The van der Waals surface area contributed by atoms with E-state index in [9.17, 15) is 9.59 Å². The molecule has 3 rings (SSSR count). The molecule has 1 aliphatic heterocycles. The van der Waals surface area contributed by atoms with Crippen LogP contribution in [-0.2, 0) is 11.3 Å². The molecule has 120 valence electrons. The number of urea groups is 1. The molecule has 0 atom stereocenters. The van der Waals surface area contributed by atoms with Crippen LogP contribution in [0.25, 0.3) is 0 Å². The van der Waals surface area contributed by atoms with Crippen LogP contribution in [0.5, 0.6) is 0 Å². The largest absolute Gasteiger partial charge is 0.364 e. The van der Waals surface area contributed by atoms with Crippen molar-refractivity contribution in [2.45, 2.75) is 26.3 Å². The van der Waals surface area contributed by atoms with Gasteiger partial charge in [-0.25, -0.2) is 4.79 Å². The lowest BCUT2D eigenvalue weighted by Gasteiger charge is -2.19. The zero-order chi connectivity index (χ0) is 16.2. The van der Waals surface area contributed by atoms with E-state index in [1.807, 2.05) is 25.1 Å². The second kappa shape index (κ2) is 6.51. The third kappa shape index (κ3) is 3.50. The fourth-order valence-corrected chi connectivity index (χ4v) is 2.56. The Kier molecular flexibility index (Phi) is 4.27. The number of nitrogens with zero attached hydrogens (tertiary/aromatic N) is 2. The Morgan fingerprint density at radius 1 is 1.39 bits per heavy atom. The summed E-state index contributed by atoms with van der Waals surface area (Å²) >= 11 is 0. The monoisotopic (exact) mass is 314 g/mol. The molecule has 0 spiro atoms. The molecule has 3 amide bonds. The number of carbonyl (C=O) groups excluding carboxylic acids is 2. The van der Waals surface area contributed by atoms with Gasteiger partial charge in [0.05, 0.1) is 6.54 Å². The molecule has 2 aromatic rings. The molecular weight excluding hydrogens is 296 g/mol. The molecule has 7 heteroatoms. The summed E-state index contributed by atoms with van der Waals surface area (Å²) in [6.45, 7) is 2.96. The van der Waals surface area contributed by atoms with Crippen molar-refractivity contribution in [2.75, 3.05) is 16.8 Å². The molecule has 0 radical (unpaired) electrons. The minimum atomic E-state index is -0.337. The van der Waals surface area contributed by atoms with Crippen molar-refractivity contribution in [1.29, 1.82) is 0 Å². The van der Waals surface area contributed by atoms with Gasteiger partial charge in [0.25, 0.3) is 0 Å². The summed E-state index contributed by atoms with van der Waals surface area (Å²) in [5, 5.41) is 9.18. The number of aryl methyl sites for hydroxylation is 1. The normalized spacial score (nSPS) is 14.1. The van der Waals surface area contributed by atoms with E-state index in [0.717, 1.165) is 24.2 Å². The summed E-state index contributed by atoms with van der Waals surface area (Å²) in [7, 11) is 0. The van der Waals surface area contributed by atoms with Crippen LogP contribution in [-0.4, -0.2) is 23.6 Å². The summed E-state index contributed by atoms with van der Waals surface area (Å²) in [4.78, 5) is 25.6. The summed E-state index contributed by atoms with van der Waals surface area (Å²) < 4.78 is 4.70. The minimum Gasteiger partial charge on any atom is -0.364 e. The Hall–Kier alpha value is -2.83. The van der Waals surface area contributed by atoms with Gasteiger partial charge in [0.2, 0.25) is 5.91 Å². The van der Waals surface area contributed by atoms with Crippen LogP contribution in [0.2, 0.25) is 0 Å². The van der Waals surface area contributed by atoms with Crippen molar-refractivity contribution >= 4 is 23.3 Å². The van der Waals surface area contributed by atoms with Gasteiger partial charge in [0.15, 0.2) is 0 Å². The maximum atomic E-state index is 11.9. The van der Waals surface area contributed by atoms with Crippen LogP contribution in [0.4, 0.5) is 16.2 Å². The van der Waals surface area contributed by atoms with Crippen LogP contribution >= 0.6 is 0 Å². The molecule has 1 aromatic heterocycles. The summed E-state index contributed by atoms with van der Waals surface area (Å²) in [5.74, 6) is 0.126. The average molecular weight is 314 g/mol. The van der Waals surface area contributed by atoms with Crippen molar-refractivity contribution in [3.05, 3.63) is 41.8 Å². The van der Waals surface area contributed by atoms with Crippen LogP contribution < -0.4 is 15.5 Å². The molecule has 1 fully saturated rings. The Morgan fingerprint density at radius 3 is 2.96 bits per heavy atom. The molecule has 2 N–H and O–H groups in total. The Morgan fingerprint density at radius 2 is 2.26 bits per heavy atom. The van der Waals surface area contributed by atoms with E-state index in [1.54, 1.807) is 11.0 Å². The third-order valence-corrected chi connectivity index (χ3v) is 3.75. The number of hydrogen-bond donors (Lipinski definition) is 2. The second-order valence-electron chi connectivity index (χ2n) is 5.45. The zero-order valence-corrected chi connectivity index (χ0v) is 12.8. The Labute approximate surface area is 133 Å². The molecule has 1 aromatic carbocycles. The molecule has 0 bridgehead atoms. The first-order valence-electron chi connectivity index (χ1n) is 7.48. The SMILES string of the molecule is Cc1ccc(NC(=O)NCc2ccon2)cc1N1CCCC1=O. The second-order valence-corrected chi connectivity index (χ2v) is 5.45. The highest BCUT2D eigenvalue weighted by molar-refractivity contribution is 5.97. The summed E-state index contributed by atoms with van der Waals surface area (Å²) in [6, 6.07) is 6.89. The van der Waals surface area contributed by atoms with E-state index in [1.165, 1.54) is 6.26 Å². The molecule has 23 heavy (non-hydrogen) atoms. The highest BCUT2D eigenvalue weighted by Gasteiger charge is 2.23. The molecule has 0 unspecified atom stereocenters. The van der Waals surface area contributed by atoms with Crippen LogP contribution in [0, 0.1) is 6.92 Å². The number of nitrogens with one attached hydrogen (secondary N) is 2. The van der Waals surface area contributed by atoms with Gasteiger partial charge in [-0.3, -0.25) is 4.79 Å². The van der Waals surface area contributed by atoms with Crippen LogP contribution in [0.1, 0.15) is 24.1 Å². The number of hydrogen-bond acceptors (Lipinski definition) is 4. The maximum Gasteiger partial charge on any atom is 0.319 e. The van der Waals surface area contributed by atoms with Gasteiger partial charge in [-0.15, -0.1) is 0 Å². The highest BCUT2D eigenvalue weighted by atomic mass is 16.5. The van der Waals surface area contributed by atoms with Gasteiger partial charge in [0.1, 0.15) is 12.0 Å². The highest BCUT2D eigenvalue weighted by Crippen LogP contribution is 2.28. The Bertz CT molecular complexity index is 712. The van der Waals surface area contributed by atoms with E-state index in [-0.39, 0.29) is 18.5 Å². The van der Waals surface area contributed by atoms with E-state index < -0.39 is 0 Å². The van der Waals surface area contributed by atoms with Crippen molar-refractivity contribution in [3.8, 4) is 0 Å². The molecule has 0 aliphatic carbocycles. The van der Waals surface area contributed by atoms with Gasteiger partial charge in [0, 0.05) is 30.4 Å². The number of anilines is 2. The van der Waals surface area contributed by atoms with Crippen LogP contribution in [0.3, 0.4) is 0 Å². The topological polar surface area (TPSA) is 87.5 Å². The van der Waals surface area contributed by atoms with Gasteiger partial charge < -0.3 is 20.1 Å². The smallest absolute Gasteiger partial charge is 0.319 e. The lowest BCUT2D eigenvalue weighted by Crippen LogP contribution is -2.29. The molecule has 0 saturated carbocycles. The fourth-order valence-electron chi connectivity index (χ4n) is 2.56. The zero-order valence-electron chi connectivity index (χ0n) is 12.8. The quantitative estimate of drug-likeness (QED) is 0.907. The number of carbonyl (C=O) groups is 2. The number of amides is 3. The van der Waals surface area contributed by atoms with Gasteiger partial charge in [-0.1, -0.05) is 11.2 Å². The molecule has 1 saturated heterocycles. The van der Waals surface area contributed by atoms with E-state index in [4.69, 9.17) is 4.52 Å². The first-order chi connectivity index (χ1) is 11.1. The van der Waals surface area contributed by atoms with Crippen molar-refractivity contribution in [2.24, 2.45) is 0 Å². The number of benzene rings is 1.